The summed E-state index contributed by atoms with van der Waals surface area (Å²) in [6.07, 6.45) is 3.54. The lowest BCUT2D eigenvalue weighted by atomic mass is 10.1. The molecule has 0 saturated carbocycles. The van der Waals surface area contributed by atoms with Crippen molar-refractivity contribution in [2.24, 2.45) is 0 Å². The van der Waals surface area contributed by atoms with Crippen molar-refractivity contribution in [1.29, 1.82) is 0 Å². The van der Waals surface area contributed by atoms with Gasteiger partial charge in [-0.3, -0.25) is 14.3 Å². The zero-order valence-electron chi connectivity index (χ0n) is 19.5. The number of likely N-dealkylation sites (tertiary alicyclic amines) is 1. The lowest BCUT2D eigenvalue weighted by molar-refractivity contribution is -0.127. The van der Waals surface area contributed by atoms with E-state index in [0.29, 0.717) is 10.7 Å². The standard InChI is InChI=1S/C25H29F2N5OS/c1-18(31-14-6-3-7-15-31)24-28-29-25(32(24)21-12-10-20(26)11-13-21)34-17-23(33)30(2)16-19-8-4-5-9-22(19)27/h4-5,8-13,18H,3,6-7,14-17H2,1-2H3/t18-/m0/s1. The summed E-state index contributed by atoms with van der Waals surface area (Å²) >= 11 is 1.27. The molecule has 3 aromatic rings. The summed E-state index contributed by atoms with van der Waals surface area (Å²) < 4.78 is 29.5. The Morgan fingerprint density at radius 2 is 1.76 bits per heavy atom. The Hall–Kier alpha value is -2.78. The van der Waals surface area contributed by atoms with Crippen LogP contribution in [0.4, 0.5) is 8.78 Å². The van der Waals surface area contributed by atoms with E-state index < -0.39 is 0 Å². The molecule has 0 unspecified atom stereocenters. The fourth-order valence-corrected chi connectivity index (χ4v) is 5.05. The number of halogens is 2. The van der Waals surface area contributed by atoms with Crippen LogP contribution in [0.15, 0.2) is 53.7 Å². The second-order valence-electron chi connectivity index (χ2n) is 8.56. The highest BCUT2D eigenvalue weighted by Crippen LogP contribution is 2.29. The fraction of sp³-hybridized carbons (Fsp3) is 0.400. The van der Waals surface area contributed by atoms with Crippen LogP contribution in [-0.2, 0) is 11.3 Å². The molecule has 1 fully saturated rings. The maximum atomic E-state index is 14.0. The molecule has 1 amide bonds. The van der Waals surface area contributed by atoms with E-state index in [4.69, 9.17) is 0 Å². The minimum absolute atomic E-state index is 0.0339. The maximum Gasteiger partial charge on any atom is 0.233 e. The molecule has 0 N–H and O–H groups in total. The van der Waals surface area contributed by atoms with Gasteiger partial charge in [-0.05, 0) is 63.2 Å². The number of rotatable bonds is 8. The van der Waals surface area contributed by atoms with Gasteiger partial charge in [-0.15, -0.1) is 10.2 Å². The van der Waals surface area contributed by atoms with Crippen LogP contribution in [0.25, 0.3) is 5.69 Å². The van der Waals surface area contributed by atoms with Gasteiger partial charge in [-0.1, -0.05) is 36.4 Å². The lowest BCUT2D eigenvalue weighted by Crippen LogP contribution is -2.33. The van der Waals surface area contributed by atoms with E-state index in [1.165, 1.54) is 41.3 Å². The summed E-state index contributed by atoms with van der Waals surface area (Å²) in [6.45, 7) is 4.30. The van der Waals surface area contributed by atoms with Gasteiger partial charge in [0.25, 0.3) is 0 Å². The van der Waals surface area contributed by atoms with E-state index in [-0.39, 0.29) is 35.9 Å². The van der Waals surface area contributed by atoms with Crippen LogP contribution in [0.2, 0.25) is 0 Å². The van der Waals surface area contributed by atoms with Gasteiger partial charge in [0.05, 0.1) is 11.8 Å². The van der Waals surface area contributed by atoms with E-state index >= 15 is 0 Å². The van der Waals surface area contributed by atoms with Gasteiger partial charge in [-0.25, -0.2) is 8.78 Å². The van der Waals surface area contributed by atoms with Crippen molar-refractivity contribution in [3.8, 4) is 5.69 Å². The number of carbonyl (C=O) groups is 1. The Balaban J connectivity index is 1.52. The normalized spacial score (nSPS) is 15.3. The number of aromatic nitrogens is 3. The van der Waals surface area contributed by atoms with Crippen LogP contribution in [0.1, 0.15) is 43.6 Å². The molecule has 2 heterocycles. The molecule has 1 aromatic heterocycles. The van der Waals surface area contributed by atoms with E-state index in [0.717, 1.165) is 37.4 Å². The quantitative estimate of drug-likeness (QED) is 0.427. The molecule has 1 aliphatic heterocycles. The number of nitrogens with zero attached hydrogens (tertiary/aromatic N) is 5. The third-order valence-electron chi connectivity index (χ3n) is 6.17. The number of thioether (sulfide) groups is 1. The van der Waals surface area contributed by atoms with Crippen LogP contribution in [0.3, 0.4) is 0 Å². The number of benzene rings is 2. The van der Waals surface area contributed by atoms with Crippen LogP contribution < -0.4 is 0 Å². The predicted molar refractivity (Wildman–Crippen MR) is 129 cm³/mol. The molecular weight excluding hydrogens is 456 g/mol. The first-order valence-corrected chi connectivity index (χ1v) is 12.5. The zero-order valence-corrected chi connectivity index (χ0v) is 20.3. The molecule has 1 atom stereocenters. The second kappa shape index (κ2) is 11.1. The fourth-order valence-electron chi connectivity index (χ4n) is 4.15. The summed E-state index contributed by atoms with van der Waals surface area (Å²) in [4.78, 5) is 16.7. The summed E-state index contributed by atoms with van der Waals surface area (Å²) in [5.74, 6) is 0.0991. The minimum Gasteiger partial charge on any atom is -0.341 e. The van der Waals surface area contributed by atoms with Crippen LogP contribution >= 0.6 is 11.8 Å². The predicted octanol–water partition coefficient (Wildman–Crippen LogP) is 4.84. The monoisotopic (exact) mass is 485 g/mol. The average Bonchev–Trinajstić information content (AvgIpc) is 3.28. The Bertz CT molecular complexity index is 1110. The van der Waals surface area contributed by atoms with Crippen molar-refractivity contribution < 1.29 is 13.6 Å². The van der Waals surface area contributed by atoms with Crippen molar-refractivity contribution in [2.45, 2.75) is 43.9 Å². The number of amides is 1. The summed E-state index contributed by atoms with van der Waals surface area (Å²) in [7, 11) is 1.66. The number of hydrogen-bond acceptors (Lipinski definition) is 5. The zero-order chi connectivity index (χ0) is 24.1. The van der Waals surface area contributed by atoms with Crippen molar-refractivity contribution in [1.82, 2.24) is 24.6 Å². The van der Waals surface area contributed by atoms with Crippen LogP contribution in [-0.4, -0.2) is 56.4 Å². The van der Waals surface area contributed by atoms with Crippen molar-refractivity contribution in [3.63, 3.8) is 0 Å². The molecule has 9 heteroatoms. The molecule has 0 radical (unpaired) electrons. The van der Waals surface area contributed by atoms with Gasteiger partial charge in [0.1, 0.15) is 11.6 Å². The first-order chi connectivity index (χ1) is 16.4. The van der Waals surface area contributed by atoms with Gasteiger partial charge in [0.2, 0.25) is 5.91 Å². The summed E-state index contributed by atoms with van der Waals surface area (Å²) in [6, 6.07) is 12.7. The van der Waals surface area contributed by atoms with Crippen molar-refractivity contribution in [2.75, 3.05) is 25.9 Å². The van der Waals surface area contributed by atoms with Gasteiger partial charge >= 0.3 is 0 Å². The molecule has 34 heavy (non-hydrogen) atoms. The number of hydrogen-bond donors (Lipinski definition) is 0. The molecule has 0 bridgehead atoms. The van der Waals surface area contributed by atoms with E-state index in [9.17, 15) is 13.6 Å². The molecule has 4 rings (SSSR count). The molecular formula is C25H29F2N5OS. The van der Waals surface area contributed by atoms with E-state index in [2.05, 4.69) is 22.0 Å². The third-order valence-corrected chi connectivity index (χ3v) is 7.08. The van der Waals surface area contributed by atoms with Crippen LogP contribution in [0.5, 0.6) is 0 Å². The van der Waals surface area contributed by atoms with Gasteiger partial charge in [0, 0.05) is 24.8 Å². The highest BCUT2D eigenvalue weighted by atomic mass is 32.2. The van der Waals surface area contributed by atoms with E-state index in [1.54, 1.807) is 37.4 Å². The number of piperidine rings is 1. The highest BCUT2D eigenvalue weighted by molar-refractivity contribution is 7.99. The summed E-state index contributed by atoms with van der Waals surface area (Å²) in [5.41, 5.74) is 1.22. The molecule has 0 aliphatic carbocycles. The average molecular weight is 486 g/mol. The SMILES string of the molecule is C[C@@H](c1nnc(SCC(=O)N(C)Cc2ccccc2F)n1-c1ccc(F)cc1)N1CCCCC1. The minimum atomic E-state index is -0.331. The maximum absolute atomic E-state index is 14.0. The molecule has 1 saturated heterocycles. The Kier molecular flexibility index (Phi) is 7.95. The molecule has 1 aliphatic rings. The topological polar surface area (TPSA) is 54.3 Å². The Morgan fingerprint density at radius 1 is 1.06 bits per heavy atom. The lowest BCUT2D eigenvalue weighted by Gasteiger charge is -2.31. The molecule has 2 aromatic carbocycles. The highest BCUT2D eigenvalue weighted by Gasteiger charge is 2.26. The van der Waals surface area contributed by atoms with Crippen LogP contribution in [0, 0.1) is 11.6 Å². The first-order valence-electron chi connectivity index (χ1n) is 11.5. The second-order valence-corrected chi connectivity index (χ2v) is 9.50. The third kappa shape index (κ3) is 5.64. The van der Waals surface area contributed by atoms with E-state index in [1.807, 2.05) is 4.57 Å². The Morgan fingerprint density at radius 3 is 2.47 bits per heavy atom. The van der Waals surface area contributed by atoms with Crippen molar-refractivity contribution >= 4 is 17.7 Å². The number of carbonyl (C=O) groups excluding carboxylic acids is 1. The van der Waals surface area contributed by atoms with Gasteiger partial charge in [0.15, 0.2) is 11.0 Å². The largest absolute Gasteiger partial charge is 0.341 e. The van der Waals surface area contributed by atoms with Gasteiger partial charge in [-0.2, -0.15) is 0 Å². The molecule has 0 spiro atoms. The molecule has 180 valence electrons. The van der Waals surface area contributed by atoms with Gasteiger partial charge < -0.3 is 4.90 Å². The Labute approximate surface area is 203 Å². The van der Waals surface area contributed by atoms with Crippen molar-refractivity contribution in [3.05, 3.63) is 71.6 Å². The first kappa shape index (κ1) is 24.3. The summed E-state index contributed by atoms with van der Waals surface area (Å²) in [5, 5.41) is 9.43. The molecule has 6 nitrogen and oxygen atoms in total. The smallest absolute Gasteiger partial charge is 0.233 e.